The summed E-state index contributed by atoms with van der Waals surface area (Å²) in [7, 11) is -4.16. The molecule has 0 spiro atoms. The first-order chi connectivity index (χ1) is 19.3. The van der Waals surface area contributed by atoms with Crippen molar-refractivity contribution in [3.8, 4) is 5.69 Å². The Morgan fingerprint density at radius 1 is 1.10 bits per heavy atom. The summed E-state index contributed by atoms with van der Waals surface area (Å²) in [4.78, 5) is 46.3. The van der Waals surface area contributed by atoms with E-state index >= 15 is 0 Å². The summed E-state index contributed by atoms with van der Waals surface area (Å²) < 4.78 is 29.9. The average Bonchev–Trinajstić information content (AvgIpc) is 3.22. The Bertz CT molecular complexity index is 1730. The number of carbonyl (C=O) groups excluding carboxylic acids is 1. The minimum atomic E-state index is -4.16. The highest BCUT2D eigenvalue weighted by Crippen LogP contribution is 2.21. The highest BCUT2D eigenvalue weighted by Gasteiger charge is 2.38. The molecular formula is C27H30N6O6S2. The normalized spacial score (nSPS) is 13.6. The molecule has 0 bridgehead atoms. The molecule has 14 heteroatoms. The molecule has 4 aromatic rings. The SMILES string of the molecule is CCn1c(=O)n(-c2ccc(C[C@H](NC(=O)[C@@H](NS(=O)(=O)c3cccnc3)C(C)(C)S)C(=O)O)cc2)c2ncccc21. The molecule has 2 atom stereocenters. The van der Waals surface area contributed by atoms with Crippen LogP contribution in [0.1, 0.15) is 26.3 Å². The molecule has 3 heterocycles. The molecule has 0 aliphatic rings. The predicted octanol–water partition coefficient (Wildman–Crippen LogP) is 1.77. The van der Waals surface area contributed by atoms with Crippen LogP contribution in [0.4, 0.5) is 0 Å². The summed E-state index contributed by atoms with van der Waals surface area (Å²) in [5, 5.41) is 12.3. The number of sulfonamides is 1. The summed E-state index contributed by atoms with van der Waals surface area (Å²) in [6, 6.07) is 10.2. The van der Waals surface area contributed by atoms with Gasteiger partial charge < -0.3 is 10.4 Å². The van der Waals surface area contributed by atoms with E-state index in [1.807, 2.05) is 13.0 Å². The van der Waals surface area contributed by atoms with Gasteiger partial charge >= 0.3 is 11.7 Å². The molecule has 12 nitrogen and oxygen atoms in total. The van der Waals surface area contributed by atoms with Crippen molar-refractivity contribution in [3.05, 3.63) is 83.2 Å². The molecule has 3 N–H and O–H groups in total. The van der Waals surface area contributed by atoms with E-state index in [0.717, 1.165) is 6.20 Å². The van der Waals surface area contributed by atoms with Crippen molar-refractivity contribution in [3.63, 3.8) is 0 Å². The number of aryl methyl sites for hydroxylation is 1. The number of hydrogen-bond donors (Lipinski definition) is 4. The van der Waals surface area contributed by atoms with E-state index in [9.17, 15) is 27.9 Å². The zero-order valence-electron chi connectivity index (χ0n) is 22.6. The van der Waals surface area contributed by atoms with Crippen molar-refractivity contribution in [2.45, 2.75) is 55.5 Å². The maximum Gasteiger partial charge on any atom is 0.334 e. The number of benzene rings is 1. The summed E-state index contributed by atoms with van der Waals surface area (Å²) >= 11 is 4.39. The number of rotatable bonds is 11. The van der Waals surface area contributed by atoms with Crippen LogP contribution >= 0.6 is 12.6 Å². The molecule has 1 aromatic carbocycles. The van der Waals surface area contributed by atoms with Crippen LogP contribution in [0.25, 0.3) is 16.9 Å². The van der Waals surface area contributed by atoms with E-state index in [-0.39, 0.29) is 17.0 Å². The lowest BCUT2D eigenvalue weighted by Crippen LogP contribution is -2.58. The minimum Gasteiger partial charge on any atom is -0.480 e. The fraction of sp³-hybridized carbons (Fsp3) is 0.296. The number of nitrogens with one attached hydrogen (secondary N) is 2. The van der Waals surface area contributed by atoms with E-state index in [2.05, 4.69) is 32.6 Å². The van der Waals surface area contributed by atoms with Crippen LogP contribution in [0.5, 0.6) is 0 Å². The first-order valence-corrected chi connectivity index (χ1v) is 14.6. The van der Waals surface area contributed by atoms with Crippen LogP contribution in [0.2, 0.25) is 0 Å². The Kier molecular flexibility index (Phi) is 8.66. The van der Waals surface area contributed by atoms with Gasteiger partial charge in [-0.3, -0.25) is 14.3 Å². The van der Waals surface area contributed by atoms with Crippen LogP contribution in [0.15, 0.2) is 76.8 Å². The second-order valence-electron chi connectivity index (χ2n) is 9.88. The number of nitrogens with zero attached hydrogens (tertiary/aromatic N) is 4. The van der Waals surface area contributed by atoms with Gasteiger partial charge in [0.25, 0.3) is 0 Å². The maximum atomic E-state index is 13.2. The molecule has 0 radical (unpaired) electrons. The molecule has 216 valence electrons. The van der Waals surface area contributed by atoms with Gasteiger partial charge in [0.1, 0.15) is 17.0 Å². The van der Waals surface area contributed by atoms with Crippen LogP contribution < -0.4 is 15.7 Å². The first kappa shape index (κ1) is 30.0. The third-order valence-electron chi connectivity index (χ3n) is 6.44. The highest BCUT2D eigenvalue weighted by molar-refractivity contribution is 7.89. The van der Waals surface area contributed by atoms with E-state index in [1.165, 1.54) is 36.7 Å². The number of carboxylic acids is 1. The fourth-order valence-electron chi connectivity index (χ4n) is 4.34. The number of carbonyl (C=O) groups is 2. The fourth-order valence-corrected chi connectivity index (χ4v) is 5.92. The Hall–Kier alpha value is -4.01. The van der Waals surface area contributed by atoms with E-state index in [0.29, 0.717) is 29.0 Å². The van der Waals surface area contributed by atoms with Crippen molar-refractivity contribution in [2.75, 3.05) is 0 Å². The lowest BCUT2D eigenvalue weighted by atomic mass is 10.0. The monoisotopic (exact) mass is 598 g/mol. The molecule has 1 amide bonds. The van der Waals surface area contributed by atoms with Crippen molar-refractivity contribution < 1.29 is 23.1 Å². The lowest BCUT2D eigenvalue weighted by Gasteiger charge is -2.30. The molecule has 0 aliphatic carbocycles. The Morgan fingerprint density at radius 3 is 2.37 bits per heavy atom. The van der Waals surface area contributed by atoms with Gasteiger partial charge in [0.2, 0.25) is 15.9 Å². The number of carboxylic acid groups (broad SMARTS) is 1. The van der Waals surface area contributed by atoms with Crippen molar-refractivity contribution in [2.24, 2.45) is 0 Å². The van der Waals surface area contributed by atoms with Crippen molar-refractivity contribution >= 4 is 45.7 Å². The zero-order chi connectivity index (χ0) is 29.9. The van der Waals surface area contributed by atoms with Gasteiger partial charge in [-0.25, -0.2) is 27.6 Å². The summed E-state index contributed by atoms with van der Waals surface area (Å²) in [5.41, 5.74) is 2.06. The molecule has 41 heavy (non-hydrogen) atoms. The van der Waals surface area contributed by atoms with E-state index in [1.54, 1.807) is 41.1 Å². The van der Waals surface area contributed by atoms with Gasteiger partial charge in [-0.2, -0.15) is 17.4 Å². The van der Waals surface area contributed by atoms with E-state index in [4.69, 9.17) is 0 Å². The number of fused-ring (bicyclic) bond motifs is 1. The Morgan fingerprint density at radius 2 is 1.78 bits per heavy atom. The molecule has 0 saturated heterocycles. The van der Waals surface area contributed by atoms with Crippen LogP contribution in [0.3, 0.4) is 0 Å². The standard InChI is InChI=1S/C27H30N6O6S2/c1-4-32-21-8-6-14-29-23(21)33(26(32)37)18-11-9-17(10-12-18)15-20(25(35)36)30-24(34)22(27(2,3)40)31-41(38,39)19-7-5-13-28-16-19/h5-14,16,20,22,31,40H,4,15H2,1-3H3,(H,30,34)(H,35,36)/t20-,22+/m0/s1. The number of aliphatic carboxylic acids is 1. The molecule has 0 aliphatic heterocycles. The van der Waals surface area contributed by atoms with Gasteiger partial charge in [0.15, 0.2) is 5.65 Å². The zero-order valence-corrected chi connectivity index (χ0v) is 24.3. The van der Waals surface area contributed by atoms with Gasteiger partial charge in [-0.1, -0.05) is 12.1 Å². The number of imidazole rings is 1. The van der Waals surface area contributed by atoms with Crippen LogP contribution in [-0.4, -0.2) is 61.3 Å². The minimum absolute atomic E-state index is 0.0969. The topological polar surface area (TPSA) is 165 Å². The molecular weight excluding hydrogens is 568 g/mol. The summed E-state index contributed by atoms with van der Waals surface area (Å²) in [6.07, 6.45) is 4.05. The average molecular weight is 599 g/mol. The number of aromatic nitrogens is 4. The van der Waals surface area contributed by atoms with Gasteiger partial charge in [-0.15, -0.1) is 0 Å². The van der Waals surface area contributed by atoms with Crippen molar-refractivity contribution in [1.29, 1.82) is 0 Å². The predicted molar refractivity (Wildman–Crippen MR) is 156 cm³/mol. The molecule has 3 aromatic heterocycles. The first-order valence-electron chi connectivity index (χ1n) is 12.7. The Balaban J connectivity index is 1.55. The van der Waals surface area contributed by atoms with Crippen LogP contribution in [-0.2, 0) is 32.6 Å². The highest BCUT2D eigenvalue weighted by atomic mass is 32.2. The van der Waals surface area contributed by atoms with Crippen LogP contribution in [0, 0.1) is 0 Å². The van der Waals surface area contributed by atoms with E-state index < -0.39 is 38.7 Å². The molecule has 0 saturated carbocycles. The Labute approximate surface area is 241 Å². The number of hydrogen-bond acceptors (Lipinski definition) is 8. The number of amides is 1. The number of thiol groups is 1. The van der Waals surface area contributed by atoms with Gasteiger partial charge in [0.05, 0.1) is 11.2 Å². The summed E-state index contributed by atoms with van der Waals surface area (Å²) in [5.74, 6) is -2.16. The van der Waals surface area contributed by atoms with Gasteiger partial charge in [-0.05, 0) is 62.7 Å². The quantitative estimate of drug-likeness (QED) is 0.190. The maximum absolute atomic E-state index is 13.2. The summed E-state index contributed by atoms with van der Waals surface area (Å²) in [6.45, 7) is 5.40. The smallest absolute Gasteiger partial charge is 0.334 e. The van der Waals surface area contributed by atoms with Crippen molar-refractivity contribution in [1.82, 2.24) is 29.1 Å². The largest absolute Gasteiger partial charge is 0.480 e. The molecule has 0 unspecified atom stereocenters. The number of pyridine rings is 2. The second kappa shape index (κ2) is 11.8. The molecule has 4 rings (SSSR count). The third kappa shape index (κ3) is 6.50. The lowest BCUT2D eigenvalue weighted by molar-refractivity contribution is -0.142. The second-order valence-corrected chi connectivity index (χ2v) is 12.7. The molecule has 0 fully saturated rings. The van der Waals surface area contributed by atoms with Gasteiger partial charge in [0, 0.05) is 36.3 Å². The third-order valence-corrected chi connectivity index (χ3v) is 8.11.